The molecule has 0 aliphatic rings. The van der Waals surface area contributed by atoms with Crippen LogP contribution < -0.4 is 5.32 Å². The van der Waals surface area contributed by atoms with Crippen molar-refractivity contribution in [2.75, 3.05) is 5.32 Å². The van der Waals surface area contributed by atoms with Gasteiger partial charge in [-0.25, -0.2) is 4.98 Å². The van der Waals surface area contributed by atoms with Crippen LogP contribution in [0.2, 0.25) is 0 Å². The molecule has 0 unspecified atom stereocenters. The van der Waals surface area contributed by atoms with Crippen LogP contribution in [-0.4, -0.2) is 15.8 Å². The maximum Gasteiger partial charge on any atom is 0.271 e. The van der Waals surface area contributed by atoms with E-state index in [2.05, 4.69) is 26.2 Å². The number of nitro benzene ring substituents is 1. The summed E-state index contributed by atoms with van der Waals surface area (Å²) < 4.78 is 6.84. The number of non-ortho nitro benzene ring substituents is 1. The number of rotatable bonds is 5. The molecule has 0 aliphatic carbocycles. The van der Waals surface area contributed by atoms with E-state index in [1.807, 2.05) is 24.3 Å². The Hall–Kier alpha value is -3.78. The molecule has 148 valence electrons. The number of carbonyl (C=O) groups excluding carboxylic acids is 1. The minimum Gasteiger partial charge on any atom is -0.436 e. The van der Waals surface area contributed by atoms with Crippen molar-refractivity contribution in [3.63, 3.8) is 0 Å². The highest BCUT2D eigenvalue weighted by atomic mass is 79.9. The van der Waals surface area contributed by atoms with E-state index in [1.165, 1.54) is 18.2 Å². The van der Waals surface area contributed by atoms with Crippen molar-refractivity contribution in [3.05, 3.63) is 99.1 Å². The van der Waals surface area contributed by atoms with Gasteiger partial charge in [0.25, 0.3) is 11.6 Å². The Morgan fingerprint density at radius 3 is 2.57 bits per heavy atom. The highest BCUT2D eigenvalue weighted by molar-refractivity contribution is 9.10. The van der Waals surface area contributed by atoms with Gasteiger partial charge in [0.1, 0.15) is 0 Å². The molecule has 0 saturated carbocycles. The molecule has 0 radical (unpaired) electrons. The lowest BCUT2D eigenvalue weighted by atomic mass is 10.1. The number of nitrogens with zero attached hydrogens (tertiary/aromatic N) is 2. The number of hydrogen-bond donors (Lipinski definition) is 1. The van der Waals surface area contributed by atoms with Gasteiger partial charge in [-0.05, 0) is 30.3 Å². The van der Waals surface area contributed by atoms with Gasteiger partial charge in [-0.2, -0.15) is 0 Å². The molecule has 1 N–H and O–H groups in total. The van der Waals surface area contributed by atoms with Crippen molar-refractivity contribution >= 4 is 33.2 Å². The van der Waals surface area contributed by atoms with Crippen LogP contribution >= 0.6 is 15.9 Å². The second-order valence-corrected chi connectivity index (χ2v) is 7.26. The van der Waals surface area contributed by atoms with E-state index in [9.17, 15) is 14.9 Å². The van der Waals surface area contributed by atoms with Crippen LogP contribution in [0.15, 0.2) is 87.9 Å². The normalized spacial score (nSPS) is 10.6. The Morgan fingerprint density at radius 2 is 1.80 bits per heavy atom. The van der Waals surface area contributed by atoms with Crippen LogP contribution in [0.1, 0.15) is 10.4 Å². The zero-order valence-electron chi connectivity index (χ0n) is 15.4. The first kappa shape index (κ1) is 19.5. The van der Waals surface area contributed by atoms with Crippen LogP contribution in [-0.2, 0) is 0 Å². The molecular weight excluding hydrogens is 450 g/mol. The van der Waals surface area contributed by atoms with E-state index < -0.39 is 10.8 Å². The fourth-order valence-electron chi connectivity index (χ4n) is 2.91. The van der Waals surface area contributed by atoms with Gasteiger partial charge < -0.3 is 9.73 Å². The number of benzene rings is 3. The molecule has 8 heteroatoms. The van der Waals surface area contributed by atoms with Crippen LogP contribution in [0.4, 0.5) is 11.4 Å². The number of nitrogens with one attached hydrogen (secondary N) is 1. The fourth-order valence-corrected chi connectivity index (χ4v) is 3.17. The second kappa shape index (κ2) is 8.30. The van der Waals surface area contributed by atoms with Crippen molar-refractivity contribution in [3.8, 4) is 22.8 Å². The van der Waals surface area contributed by atoms with E-state index in [0.717, 1.165) is 10.0 Å². The zero-order chi connectivity index (χ0) is 21.1. The summed E-state index contributed by atoms with van der Waals surface area (Å²) in [5.41, 5.74) is 1.94. The summed E-state index contributed by atoms with van der Waals surface area (Å²) in [5, 5.41) is 13.6. The van der Waals surface area contributed by atoms with Gasteiger partial charge in [0, 0.05) is 33.4 Å². The standard InChI is InChI=1S/C22H14BrN3O4/c23-15-10-8-14(9-11-15)20-13-24-22(30-20)19-7-2-1-6-18(19)21(27)25-16-4-3-5-17(12-16)26(28)29/h1-13H,(H,25,27). The Labute approximate surface area is 179 Å². The predicted octanol–water partition coefficient (Wildman–Crippen LogP) is 5.93. The second-order valence-electron chi connectivity index (χ2n) is 6.34. The van der Waals surface area contributed by atoms with Crippen LogP contribution in [0, 0.1) is 10.1 Å². The zero-order valence-corrected chi connectivity index (χ0v) is 17.0. The molecule has 3 aromatic carbocycles. The lowest BCUT2D eigenvalue weighted by molar-refractivity contribution is -0.384. The molecule has 4 aromatic rings. The van der Waals surface area contributed by atoms with E-state index in [-0.39, 0.29) is 5.69 Å². The summed E-state index contributed by atoms with van der Waals surface area (Å²) in [7, 11) is 0. The van der Waals surface area contributed by atoms with Gasteiger partial charge in [-0.15, -0.1) is 0 Å². The largest absolute Gasteiger partial charge is 0.436 e. The Kier molecular flexibility index (Phi) is 5.40. The van der Waals surface area contributed by atoms with Crippen LogP contribution in [0.3, 0.4) is 0 Å². The quantitative estimate of drug-likeness (QED) is 0.292. The Balaban J connectivity index is 1.63. The fraction of sp³-hybridized carbons (Fsp3) is 0. The van der Waals surface area contributed by atoms with Crippen molar-refractivity contribution in [2.24, 2.45) is 0 Å². The van der Waals surface area contributed by atoms with Gasteiger partial charge >= 0.3 is 0 Å². The maximum atomic E-state index is 12.8. The van der Waals surface area contributed by atoms with E-state index in [1.54, 1.807) is 36.5 Å². The summed E-state index contributed by atoms with van der Waals surface area (Å²) >= 11 is 3.40. The molecule has 0 spiro atoms. The van der Waals surface area contributed by atoms with Crippen LogP contribution in [0.25, 0.3) is 22.8 Å². The molecular formula is C22H14BrN3O4. The van der Waals surface area contributed by atoms with Gasteiger partial charge in [0.15, 0.2) is 5.76 Å². The van der Waals surface area contributed by atoms with E-state index in [0.29, 0.717) is 28.5 Å². The maximum absolute atomic E-state index is 12.8. The molecule has 4 rings (SSSR count). The van der Waals surface area contributed by atoms with Gasteiger partial charge in [0.05, 0.1) is 16.7 Å². The number of oxazole rings is 1. The summed E-state index contributed by atoms with van der Waals surface area (Å²) in [6, 6.07) is 20.2. The Morgan fingerprint density at radius 1 is 1.03 bits per heavy atom. The number of amides is 1. The lowest BCUT2D eigenvalue weighted by Crippen LogP contribution is -2.13. The molecule has 0 atom stereocenters. The first-order chi connectivity index (χ1) is 14.5. The van der Waals surface area contributed by atoms with Gasteiger partial charge in [-0.3, -0.25) is 14.9 Å². The van der Waals surface area contributed by atoms with Crippen molar-refractivity contribution < 1.29 is 14.1 Å². The van der Waals surface area contributed by atoms with Gasteiger partial charge in [0.2, 0.25) is 5.89 Å². The number of hydrogen-bond acceptors (Lipinski definition) is 5. The van der Waals surface area contributed by atoms with E-state index in [4.69, 9.17) is 4.42 Å². The summed E-state index contributed by atoms with van der Waals surface area (Å²) in [6.07, 6.45) is 1.60. The predicted molar refractivity (Wildman–Crippen MR) is 116 cm³/mol. The Bertz CT molecular complexity index is 1240. The molecule has 7 nitrogen and oxygen atoms in total. The molecule has 0 saturated heterocycles. The third-order valence-electron chi connectivity index (χ3n) is 4.35. The summed E-state index contributed by atoms with van der Waals surface area (Å²) in [4.78, 5) is 27.6. The third kappa shape index (κ3) is 4.13. The SMILES string of the molecule is O=C(Nc1cccc([N+](=O)[O-])c1)c1ccccc1-c1ncc(-c2ccc(Br)cc2)o1. The molecule has 0 aliphatic heterocycles. The molecule has 0 bridgehead atoms. The number of carbonyl (C=O) groups is 1. The first-order valence-corrected chi connectivity index (χ1v) is 9.67. The average molecular weight is 464 g/mol. The smallest absolute Gasteiger partial charge is 0.271 e. The monoisotopic (exact) mass is 463 g/mol. The van der Waals surface area contributed by atoms with E-state index >= 15 is 0 Å². The number of aromatic nitrogens is 1. The van der Waals surface area contributed by atoms with Crippen LogP contribution in [0.5, 0.6) is 0 Å². The minimum atomic E-state index is -0.514. The van der Waals surface area contributed by atoms with Crippen molar-refractivity contribution in [2.45, 2.75) is 0 Å². The highest BCUT2D eigenvalue weighted by Crippen LogP contribution is 2.29. The first-order valence-electron chi connectivity index (χ1n) is 8.88. The van der Waals surface area contributed by atoms with Crippen molar-refractivity contribution in [1.29, 1.82) is 0 Å². The molecule has 1 amide bonds. The molecule has 30 heavy (non-hydrogen) atoms. The van der Waals surface area contributed by atoms with Crippen molar-refractivity contribution in [1.82, 2.24) is 4.98 Å². The topological polar surface area (TPSA) is 98.3 Å². The summed E-state index contributed by atoms with van der Waals surface area (Å²) in [5.74, 6) is 0.457. The number of halogens is 1. The lowest BCUT2D eigenvalue weighted by Gasteiger charge is -2.08. The molecule has 0 fully saturated rings. The summed E-state index contributed by atoms with van der Waals surface area (Å²) in [6.45, 7) is 0. The molecule has 1 aromatic heterocycles. The third-order valence-corrected chi connectivity index (χ3v) is 4.88. The highest BCUT2D eigenvalue weighted by Gasteiger charge is 2.18. The number of anilines is 1. The van der Waals surface area contributed by atoms with Gasteiger partial charge in [-0.1, -0.05) is 46.3 Å². The average Bonchev–Trinajstić information content (AvgIpc) is 3.24. The minimum absolute atomic E-state index is 0.104. The number of nitro groups is 1. The molecule has 1 heterocycles.